The topological polar surface area (TPSA) is 105 Å². The molecule has 122 valence electrons. The number of urea groups is 1. The summed E-state index contributed by atoms with van der Waals surface area (Å²) in [5, 5.41) is 9.07. The molecule has 0 saturated heterocycles. The van der Waals surface area contributed by atoms with Crippen molar-refractivity contribution in [1.82, 2.24) is 25.3 Å². The zero-order chi connectivity index (χ0) is 16.9. The lowest BCUT2D eigenvalue weighted by molar-refractivity contribution is 0.250. The number of aromatic nitrogens is 4. The normalized spacial score (nSPS) is 10.6. The highest BCUT2D eigenvalue weighted by Crippen LogP contribution is 2.15. The Balaban J connectivity index is 1.81. The maximum absolute atomic E-state index is 11.7. The van der Waals surface area contributed by atoms with Gasteiger partial charge >= 0.3 is 6.03 Å². The molecule has 3 rings (SSSR count). The van der Waals surface area contributed by atoms with Crippen molar-refractivity contribution in [3.05, 3.63) is 42.7 Å². The smallest absolute Gasteiger partial charge is 0.321 e. The Morgan fingerprint density at radius 2 is 1.67 bits per heavy atom. The molecule has 0 aliphatic rings. The van der Waals surface area contributed by atoms with Gasteiger partial charge < -0.3 is 10.6 Å². The van der Waals surface area contributed by atoms with E-state index in [1.54, 1.807) is 12.4 Å². The van der Waals surface area contributed by atoms with Gasteiger partial charge in [-0.05, 0) is 26.0 Å². The maximum Gasteiger partial charge on any atom is 0.321 e. The second kappa shape index (κ2) is 6.86. The summed E-state index contributed by atoms with van der Waals surface area (Å²) in [6, 6.07) is 9.25. The number of rotatable bonds is 4. The summed E-state index contributed by atoms with van der Waals surface area (Å²) >= 11 is 0. The number of fused-ring (bicyclic) bond motifs is 1. The Labute approximate surface area is 138 Å². The number of anilines is 3. The van der Waals surface area contributed by atoms with Gasteiger partial charge in [-0.25, -0.2) is 14.8 Å². The fraction of sp³-hybridized carbons (Fsp3) is 0.188. The standard InChI is InChI=1S/C16H17N7O/c1-10(2)19-16(24)23-15-18-9-11-8-17-14(21-13(11)22-15)20-12-6-4-3-5-7-12/h3-10H,1-2H3,(H3,17,18,19,20,21,22,23,24). The van der Waals surface area contributed by atoms with Crippen LogP contribution in [0.15, 0.2) is 42.7 Å². The fourth-order valence-corrected chi connectivity index (χ4v) is 1.99. The number of benzene rings is 1. The number of nitrogens with zero attached hydrogens (tertiary/aromatic N) is 4. The van der Waals surface area contributed by atoms with E-state index in [0.29, 0.717) is 17.0 Å². The molecular formula is C16H17N7O. The summed E-state index contributed by atoms with van der Waals surface area (Å²) < 4.78 is 0. The molecule has 8 nitrogen and oxygen atoms in total. The third-order valence-electron chi connectivity index (χ3n) is 3.01. The zero-order valence-electron chi connectivity index (χ0n) is 13.3. The summed E-state index contributed by atoms with van der Waals surface area (Å²) in [4.78, 5) is 28.6. The van der Waals surface area contributed by atoms with Crippen molar-refractivity contribution >= 4 is 34.6 Å². The number of hydrogen-bond acceptors (Lipinski definition) is 6. The van der Waals surface area contributed by atoms with E-state index in [0.717, 1.165) is 5.69 Å². The Bertz CT molecular complexity index is 851. The van der Waals surface area contributed by atoms with Crippen LogP contribution in [-0.2, 0) is 0 Å². The Morgan fingerprint density at radius 1 is 1.00 bits per heavy atom. The van der Waals surface area contributed by atoms with Crippen molar-refractivity contribution in [3.8, 4) is 0 Å². The first-order valence-electron chi connectivity index (χ1n) is 7.49. The first-order chi connectivity index (χ1) is 11.6. The molecule has 0 radical (unpaired) electrons. The van der Waals surface area contributed by atoms with Crippen molar-refractivity contribution in [1.29, 1.82) is 0 Å². The summed E-state index contributed by atoms with van der Waals surface area (Å²) in [6.45, 7) is 3.74. The third-order valence-corrected chi connectivity index (χ3v) is 3.01. The number of carbonyl (C=O) groups is 1. The molecule has 3 aromatic rings. The maximum atomic E-state index is 11.7. The van der Waals surface area contributed by atoms with Crippen molar-refractivity contribution in [2.45, 2.75) is 19.9 Å². The van der Waals surface area contributed by atoms with Crippen LogP contribution in [0.5, 0.6) is 0 Å². The highest BCUT2D eigenvalue weighted by atomic mass is 16.2. The van der Waals surface area contributed by atoms with Crippen LogP contribution >= 0.6 is 0 Å². The molecule has 0 atom stereocenters. The van der Waals surface area contributed by atoms with Crippen molar-refractivity contribution in [2.75, 3.05) is 10.6 Å². The van der Waals surface area contributed by atoms with Crippen LogP contribution in [-0.4, -0.2) is 32.0 Å². The minimum Gasteiger partial charge on any atom is -0.336 e. The quantitative estimate of drug-likeness (QED) is 0.682. The molecule has 3 N–H and O–H groups in total. The lowest BCUT2D eigenvalue weighted by Gasteiger charge is -2.09. The van der Waals surface area contributed by atoms with Gasteiger partial charge in [-0.3, -0.25) is 5.32 Å². The monoisotopic (exact) mass is 323 g/mol. The predicted molar refractivity (Wildman–Crippen MR) is 92.1 cm³/mol. The average Bonchev–Trinajstić information content (AvgIpc) is 2.54. The summed E-state index contributed by atoms with van der Waals surface area (Å²) in [7, 11) is 0. The minimum absolute atomic E-state index is 0.0226. The molecule has 0 aliphatic carbocycles. The molecular weight excluding hydrogens is 306 g/mol. The van der Waals surface area contributed by atoms with E-state index in [9.17, 15) is 4.79 Å². The van der Waals surface area contributed by atoms with E-state index >= 15 is 0 Å². The van der Waals surface area contributed by atoms with E-state index in [1.807, 2.05) is 44.2 Å². The molecule has 2 heterocycles. The highest BCUT2D eigenvalue weighted by molar-refractivity contribution is 5.88. The lowest BCUT2D eigenvalue weighted by Crippen LogP contribution is -2.34. The number of hydrogen-bond donors (Lipinski definition) is 3. The first kappa shape index (κ1) is 15.6. The molecule has 0 aliphatic heterocycles. The molecule has 8 heteroatoms. The largest absolute Gasteiger partial charge is 0.336 e. The van der Waals surface area contributed by atoms with Crippen LogP contribution in [0.4, 0.5) is 22.4 Å². The average molecular weight is 323 g/mol. The molecule has 0 unspecified atom stereocenters. The fourth-order valence-electron chi connectivity index (χ4n) is 1.99. The van der Waals surface area contributed by atoms with Crippen LogP contribution in [0.25, 0.3) is 11.0 Å². The number of para-hydroxylation sites is 1. The Hall–Kier alpha value is -3.29. The predicted octanol–water partition coefficient (Wildman–Crippen LogP) is 2.69. The van der Waals surface area contributed by atoms with Gasteiger partial charge in [0.05, 0.1) is 5.39 Å². The molecule has 2 amide bonds. The molecule has 2 aromatic heterocycles. The van der Waals surface area contributed by atoms with E-state index in [4.69, 9.17) is 0 Å². The van der Waals surface area contributed by atoms with E-state index < -0.39 is 0 Å². The number of nitrogens with one attached hydrogen (secondary N) is 3. The Morgan fingerprint density at radius 3 is 2.38 bits per heavy atom. The summed E-state index contributed by atoms with van der Waals surface area (Å²) in [5.74, 6) is 0.606. The molecule has 24 heavy (non-hydrogen) atoms. The SMILES string of the molecule is CC(C)NC(=O)Nc1ncc2cnc(Nc3ccccc3)nc2n1. The first-order valence-corrected chi connectivity index (χ1v) is 7.49. The highest BCUT2D eigenvalue weighted by Gasteiger charge is 2.08. The summed E-state index contributed by atoms with van der Waals surface area (Å²) in [6.07, 6.45) is 3.20. The minimum atomic E-state index is -0.360. The van der Waals surface area contributed by atoms with Gasteiger partial charge in [-0.15, -0.1) is 0 Å². The molecule has 0 spiro atoms. The van der Waals surface area contributed by atoms with E-state index in [2.05, 4.69) is 35.9 Å². The molecule has 0 bridgehead atoms. The van der Waals surface area contributed by atoms with Gasteiger partial charge in [0.25, 0.3) is 0 Å². The van der Waals surface area contributed by atoms with Gasteiger partial charge in [0.2, 0.25) is 11.9 Å². The van der Waals surface area contributed by atoms with Crippen LogP contribution in [0, 0.1) is 0 Å². The van der Waals surface area contributed by atoms with Gasteiger partial charge in [-0.1, -0.05) is 18.2 Å². The summed E-state index contributed by atoms with van der Waals surface area (Å²) in [5.41, 5.74) is 1.32. The second-order valence-electron chi connectivity index (χ2n) is 5.41. The van der Waals surface area contributed by atoms with Gasteiger partial charge in [0, 0.05) is 24.1 Å². The van der Waals surface area contributed by atoms with Crippen molar-refractivity contribution in [3.63, 3.8) is 0 Å². The number of amides is 2. The molecule has 0 saturated carbocycles. The van der Waals surface area contributed by atoms with Crippen molar-refractivity contribution in [2.24, 2.45) is 0 Å². The van der Waals surface area contributed by atoms with E-state index in [-0.39, 0.29) is 18.0 Å². The van der Waals surface area contributed by atoms with Crippen molar-refractivity contribution < 1.29 is 4.79 Å². The number of carbonyl (C=O) groups excluding carboxylic acids is 1. The lowest BCUT2D eigenvalue weighted by atomic mass is 10.3. The van der Waals surface area contributed by atoms with Crippen LogP contribution in [0.3, 0.4) is 0 Å². The van der Waals surface area contributed by atoms with Crippen LogP contribution in [0.2, 0.25) is 0 Å². The van der Waals surface area contributed by atoms with Crippen LogP contribution < -0.4 is 16.0 Å². The van der Waals surface area contributed by atoms with Gasteiger partial charge in [0.15, 0.2) is 5.65 Å². The van der Waals surface area contributed by atoms with Gasteiger partial charge in [0.1, 0.15) is 0 Å². The van der Waals surface area contributed by atoms with Gasteiger partial charge in [-0.2, -0.15) is 9.97 Å². The molecule has 0 fully saturated rings. The Kier molecular flexibility index (Phi) is 4.46. The van der Waals surface area contributed by atoms with Crippen LogP contribution in [0.1, 0.15) is 13.8 Å². The molecule has 1 aromatic carbocycles. The second-order valence-corrected chi connectivity index (χ2v) is 5.41. The third kappa shape index (κ3) is 3.92. The van der Waals surface area contributed by atoms with E-state index in [1.165, 1.54) is 0 Å². The zero-order valence-corrected chi connectivity index (χ0v) is 13.3.